The van der Waals surface area contributed by atoms with Crippen molar-refractivity contribution in [2.45, 2.75) is 0 Å². The fourth-order valence-corrected chi connectivity index (χ4v) is 4.04. The molecule has 0 unspecified atom stereocenters. The maximum atomic E-state index is 12.7. The molecule has 25 heavy (non-hydrogen) atoms. The fourth-order valence-electron chi connectivity index (χ4n) is 2.60. The van der Waals surface area contributed by atoms with Crippen molar-refractivity contribution in [1.82, 2.24) is 4.90 Å². The Labute approximate surface area is 151 Å². The van der Waals surface area contributed by atoms with Gasteiger partial charge in [-0.15, -0.1) is 0 Å². The van der Waals surface area contributed by atoms with Crippen molar-refractivity contribution in [3.63, 3.8) is 0 Å². The smallest absolute Gasteiger partial charge is 0.268 e. The van der Waals surface area contributed by atoms with Crippen LogP contribution in [0.4, 0.5) is 4.79 Å². The average molecular weight is 365 g/mol. The molecule has 0 N–H and O–H groups in total. The van der Waals surface area contributed by atoms with E-state index in [2.05, 4.69) is 0 Å². The lowest BCUT2D eigenvalue weighted by atomic mass is 10.1. The minimum Gasteiger partial charge on any atom is -0.268 e. The molecule has 4 nitrogen and oxygen atoms in total. The SMILES string of the molecule is O=C1S/C(=C/c2ccsc2)C(=O)N1C(=O)c1ccc2ccccc2c1. The van der Waals surface area contributed by atoms with Crippen LogP contribution in [0.15, 0.2) is 64.2 Å². The number of nitrogens with zero attached hydrogens (tertiary/aromatic N) is 1. The van der Waals surface area contributed by atoms with Gasteiger partial charge >= 0.3 is 5.24 Å². The van der Waals surface area contributed by atoms with Crippen molar-refractivity contribution in [3.8, 4) is 0 Å². The lowest BCUT2D eigenvalue weighted by Crippen LogP contribution is -2.34. The van der Waals surface area contributed by atoms with Crippen LogP contribution in [0.1, 0.15) is 15.9 Å². The van der Waals surface area contributed by atoms with Gasteiger partial charge in [-0.3, -0.25) is 14.4 Å². The molecule has 0 spiro atoms. The summed E-state index contributed by atoms with van der Waals surface area (Å²) in [5, 5.41) is 5.07. The van der Waals surface area contributed by atoms with Gasteiger partial charge in [0.2, 0.25) is 0 Å². The normalized spacial score (nSPS) is 16.2. The third kappa shape index (κ3) is 2.90. The summed E-state index contributed by atoms with van der Waals surface area (Å²) in [6.45, 7) is 0. The molecule has 0 bridgehead atoms. The van der Waals surface area contributed by atoms with Gasteiger partial charge in [-0.25, -0.2) is 4.90 Å². The quantitative estimate of drug-likeness (QED) is 0.484. The number of thiophene rings is 1. The first-order valence-electron chi connectivity index (χ1n) is 7.47. The first-order valence-corrected chi connectivity index (χ1v) is 9.23. The minimum atomic E-state index is -0.595. The average Bonchev–Trinajstić information content (AvgIpc) is 3.22. The van der Waals surface area contributed by atoms with E-state index in [-0.39, 0.29) is 4.91 Å². The molecule has 1 fully saturated rings. The third-order valence-corrected chi connectivity index (χ3v) is 5.41. The Balaban J connectivity index is 1.67. The second-order valence-corrected chi connectivity index (χ2v) is 7.21. The van der Waals surface area contributed by atoms with Crippen LogP contribution in [0.2, 0.25) is 0 Å². The van der Waals surface area contributed by atoms with E-state index in [4.69, 9.17) is 0 Å². The largest absolute Gasteiger partial charge is 0.300 e. The van der Waals surface area contributed by atoms with Crippen LogP contribution in [0, 0.1) is 0 Å². The van der Waals surface area contributed by atoms with Crippen LogP contribution >= 0.6 is 23.1 Å². The summed E-state index contributed by atoms with van der Waals surface area (Å²) in [5.41, 5.74) is 1.16. The Bertz CT molecular complexity index is 1040. The molecule has 3 aromatic rings. The third-order valence-electron chi connectivity index (χ3n) is 3.83. The van der Waals surface area contributed by atoms with Crippen molar-refractivity contribution < 1.29 is 14.4 Å². The van der Waals surface area contributed by atoms with E-state index in [1.54, 1.807) is 18.2 Å². The van der Waals surface area contributed by atoms with E-state index in [1.165, 1.54) is 11.3 Å². The van der Waals surface area contributed by atoms with Crippen molar-refractivity contribution in [1.29, 1.82) is 0 Å². The summed E-state index contributed by atoms with van der Waals surface area (Å²) in [6.07, 6.45) is 1.63. The van der Waals surface area contributed by atoms with Crippen LogP contribution in [-0.4, -0.2) is 22.0 Å². The molecular weight excluding hydrogens is 354 g/mol. The van der Waals surface area contributed by atoms with E-state index in [1.807, 2.05) is 47.2 Å². The van der Waals surface area contributed by atoms with Crippen LogP contribution in [0.3, 0.4) is 0 Å². The second kappa shape index (κ2) is 6.31. The second-order valence-electron chi connectivity index (χ2n) is 5.44. The molecule has 6 heteroatoms. The summed E-state index contributed by atoms with van der Waals surface area (Å²) in [6, 6.07) is 14.6. The summed E-state index contributed by atoms with van der Waals surface area (Å²) < 4.78 is 0. The highest BCUT2D eigenvalue weighted by Crippen LogP contribution is 2.33. The number of rotatable bonds is 2. The number of carbonyl (C=O) groups excluding carboxylic acids is 3. The zero-order valence-electron chi connectivity index (χ0n) is 12.8. The summed E-state index contributed by atoms with van der Waals surface area (Å²) in [7, 11) is 0. The number of carbonyl (C=O) groups is 3. The lowest BCUT2D eigenvalue weighted by Gasteiger charge is -2.11. The molecule has 1 aromatic heterocycles. The van der Waals surface area contributed by atoms with E-state index in [0.29, 0.717) is 10.5 Å². The Morgan fingerprint density at radius 3 is 2.56 bits per heavy atom. The van der Waals surface area contributed by atoms with Crippen LogP contribution < -0.4 is 0 Å². The molecule has 1 aliphatic heterocycles. The highest BCUT2D eigenvalue weighted by Gasteiger charge is 2.40. The first-order chi connectivity index (χ1) is 12.1. The van der Waals surface area contributed by atoms with Crippen LogP contribution in [0.25, 0.3) is 16.8 Å². The van der Waals surface area contributed by atoms with Gasteiger partial charge in [0.1, 0.15) is 0 Å². The number of amides is 3. The predicted molar refractivity (Wildman–Crippen MR) is 100 cm³/mol. The van der Waals surface area contributed by atoms with Gasteiger partial charge in [0.05, 0.1) is 4.91 Å². The summed E-state index contributed by atoms with van der Waals surface area (Å²) in [5.74, 6) is -1.17. The van der Waals surface area contributed by atoms with Crippen molar-refractivity contribution >= 4 is 57.0 Å². The molecule has 0 aliphatic carbocycles. The van der Waals surface area contributed by atoms with Crippen LogP contribution in [0.5, 0.6) is 0 Å². The lowest BCUT2D eigenvalue weighted by molar-refractivity contribution is -0.120. The number of imide groups is 3. The molecule has 0 radical (unpaired) electrons. The molecule has 122 valence electrons. The maximum absolute atomic E-state index is 12.7. The van der Waals surface area contributed by atoms with Gasteiger partial charge in [0.15, 0.2) is 0 Å². The van der Waals surface area contributed by atoms with E-state index in [9.17, 15) is 14.4 Å². The Kier molecular flexibility index (Phi) is 3.99. The predicted octanol–water partition coefficient (Wildman–Crippen LogP) is 4.78. The molecule has 1 aliphatic rings. The Hall–Kier alpha value is -2.70. The van der Waals surface area contributed by atoms with Crippen LogP contribution in [-0.2, 0) is 4.79 Å². The Morgan fingerprint density at radius 2 is 1.80 bits per heavy atom. The maximum Gasteiger partial charge on any atom is 0.300 e. The topological polar surface area (TPSA) is 54.5 Å². The molecule has 3 amide bonds. The van der Waals surface area contributed by atoms with Crippen molar-refractivity contribution in [2.75, 3.05) is 0 Å². The molecule has 1 saturated heterocycles. The number of fused-ring (bicyclic) bond motifs is 1. The molecule has 2 heterocycles. The van der Waals surface area contributed by atoms with Crippen molar-refractivity contribution in [2.24, 2.45) is 0 Å². The fraction of sp³-hybridized carbons (Fsp3) is 0. The van der Waals surface area contributed by atoms with E-state index >= 15 is 0 Å². The first kappa shape index (κ1) is 15.8. The molecule has 4 rings (SSSR count). The van der Waals surface area contributed by atoms with E-state index in [0.717, 1.165) is 28.1 Å². The summed E-state index contributed by atoms with van der Waals surface area (Å²) in [4.78, 5) is 38.4. The highest BCUT2D eigenvalue weighted by atomic mass is 32.2. The number of hydrogen-bond acceptors (Lipinski definition) is 5. The van der Waals surface area contributed by atoms with Gasteiger partial charge in [0.25, 0.3) is 11.8 Å². The monoisotopic (exact) mass is 365 g/mol. The summed E-state index contributed by atoms with van der Waals surface area (Å²) >= 11 is 2.29. The van der Waals surface area contributed by atoms with Gasteiger partial charge in [0, 0.05) is 5.56 Å². The van der Waals surface area contributed by atoms with Gasteiger partial charge in [-0.2, -0.15) is 11.3 Å². The molecular formula is C19H11NO3S2. The van der Waals surface area contributed by atoms with E-state index < -0.39 is 17.1 Å². The van der Waals surface area contributed by atoms with Gasteiger partial charge in [-0.05, 0) is 63.1 Å². The minimum absolute atomic E-state index is 0.262. The zero-order chi connectivity index (χ0) is 17.4. The van der Waals surface area contributed by atoms with Crippen molar-refractivity contribution in [3.05, 3.63) is 75.3 Å². The van der Waals surface area contributed by atoms with Gasteiger partial charge in [-0.1, -0.05) is 30.3 Å². The number of thioether (sulfide) groups is 1. The standard InChI is InChI=1S/C19H11NO3S2/c21-17(15-6-5-13-3-1-2-4-14(13)10-15)20-18(22)16(25-19(20)23)9-12-7-8-24-11-12/h1-11H/b16-9+. The van der Waals surface area contributed by atoms with Gasteiger partial charge < -0.3 is 0 Å². The number of benzene rings is 2. The molecule has 0 saturated carbocycles. The Morgan fingerprint density at radius 1 is 1.00 bits per heavy atom. The number of hydrogen-bond donors (Lipinski definition) is 0. The molecule has 2 aromatic carbocycles. The highest BCUT2D eigenvalue weighted by molar-refractivity contribution is 8.18. The zero-order valence-corrected chi connectivity index (χ0v) is 14.5. The molecule has 0 atom stereocenters.